The van der Waals surface area contributed by atoms with Crippen LogP contribution in [0.15, 0.2) is 5.51 Å². The molecule has 1 saturated heterocycles. The van der Waals surface area contributed by atoms with Crippen LogP contribution in [-0.2, 0) is 16.1 Å². The van der Waals surface area contributed by atoms with E-state index in [9.17, 15) is 18.0 Å². The van der Waals surface area contributed by atoms with Crippen LogP contribution in [-0.4, -0.2) is 54.8 Å². The van der Waals surface area contributed by atoms with Crippen molar-refractivity contribution in [2.75, 3.05) is 32.8 Å². The van der Waals surface area contributed by atoms with Crippen LogP contribution >= 0.6 is 11.3 Å². The van der Waals surface area contributed by atoms with E-state index in [1.807, 2.05) is 6.92 Å². The van der Waals surface area contributed by atoms with E-state index in [0.29, 0.717) is 19.0 Å². The number of carbonyl (C=O) groups is 1. The minimum absolute atomic E-state index is 0.315. The van der Waals surface area contributed by atoms with Gasteiger partial charge in [-0.05, 0) is 32.4 Å². The Morgan fingerprint density at radius 3 is 2.91 bits per heavy atom. The van der Waals surface area contributed by atoms with Gasteiger partial charge in [-0.25, -0.2) is 4.98 Å². The number of rotatable bonds is 7. The minimum Gasteiger partial charge on any atom is -0.362 e. The Kier molecular flexibility index (Phi) is 6.37. The molecule has 23 heavy (non-hydrogen) atoms. The zero-order valence-corrected chi connectivity index (χ0v) is 13.7. The van der Waals surface area contributed by atoms with Gasteiger partial charge in [0.2, 0.25) is 5.91 Å². The normalized spacial score (nSPS) is 18.3. The van der Waals surface area contributed by atoms with Crippen LogP contribution in [0, 0.1) is 12.8 Å². The lowest BCUT2D eigenvalue weighted by molar-refractivity contribution is -0.178. The first-order valence-electron chi connectivity index (χ1n) is 7.37. The van der Waals surface area contributed by atoms with E-state index in [4.69, 9.17) is 0 Å². The van der Waals surface area contributed by atoms with Gasteiger partial charge in [-0.15, -0.1) is 11.3 Å². The second-order valence-corrected chi connectivity index (χ2v) is 6.54. The molecule has 1 aliphatic heterocycles. The van der Waals surface area contributed by atoms with Crippen molar-refractivity contribution < 1.29 is 22.7 Å². The number of amides is 1. The van der Waals surface area contributed by atoms with Gasteiger partial charge in [-0.2, -0.15) is 13.2 Å². The van der Waals surface area contributed by atoms with Crippen molar-refractivity contribution in [2.45, 2.75) is 26.1 Å². The lowest BCUT2D eigenvalue weighted by Gasteiger charge is -2.25. The summed E-state index contributed by atoms with van der Waals surface area (Å²) in [6.45, 7) is 2.48. The van der Waals surface area contributed by atoms with Crippen LogP contribution in [0.25, 0.3) is 0 Å². The van der Waals surface area contributed by atoms with E-state index in [2.05, 4.69) is 15.0 Å². The Labute approximate surface area is 136 Å². The van der Waals surface area contributed by atoms with E-state index in [-0.39, 0.29) is 0 Å². The third kappa shape index (κ3) is 6.08. The molecule has 1 fully saturated rings. The second-order valence-electron chi connectivity index (χ2n) is 5.60. The topological polar surface area (TPSA) is 54.5 Å². The molecule has 0 radical (unpaired) electrons. The van der Waals surface area contributed by atoms with Gasteiger partial charge in [0.1, 0.15) is 13.2 Å². The highest BCUT2D eigenvalue weighted by Gasteiger charge is 2.29. The first-order chi connectivity index (χ1) is 10.8. The molecule has 1 aliphatic rings. The number of ether oxygens (including phenoxy) is 1. The Balaban J connectivity index is 1.94. The van der Waals surface area contributed by atoms with E-state index in [1.165, 1.54) is 11.3 Å². The number of aryl methyl sites for hydroxylation is 1. The Morgan fingerprint density at radius 1 is 1.57 bits per heavy atom. The minimum atomic E-state index is -4.42. The highest BCUT2D eigenvalue weighted by molar-refractivity contribution is 7.09. The number of aromatic nitrogens is 1. The first-order valence-corrected chi connectivity index (χ1v) is 8.25. The van der Waals surface area contributed by atoms with Gasteiger partial charge in [0.05, 0.1) is 17.7 Å². The highest BCUT2D eigenvalue weighted by Crippen LogP contribution is 2.19. The number of alkyl halides is 3. The van der Waals surface area contributed by atoms with Gasteiger partial charge < -0.3 is 15.0 Å². The molecule has 2 rings (SSSR count). The van der Waals surface area contributed by atoms with Crippen molar-refractivity contribution in [1.29, 1.82) is 0 Å². The predicted molar refractivity (Wildman–Crippen MR) is 80.1 cm³/mol. The second kappa shape index (κ2) is 8.07. The Morgan fingerprint density at radius 2 is 2.35 bits per heavy atom. The van der Waals surface area contributed by atoms with Gasteiger partial charge in [-0.3, -0.25) is 4.79 Å². The molecule has 0 aliphatic carbocycles. The average molecular weight is 351 g/mol. The van der Waals surface area contributed by atoms with E-state index >= 15 is 0 Å². The number of hydrogen-bond donors (Lipinski definition) is 1. The van der Waals surface area contributed by atoms with Gasteiger partial charge in [0, 0.05) is 11.4 Å². The molecule has 1 atom stereocenters. The summed E-state index contributed by atoms with van der Waals surface area (Å²) < 4.78 is 40.9. The van der Waals surface area contributed by atoms with Crippen molar-refractivity contribution in [1.82, 2.24) is 15.2 Å². The van der Waals surface area contributed by atoms with Crippen molar-refractivity contribution in [3.63, 3.8) is 0 Å². The monoisotopic (exact) mass is 351 g/mol. The summed E-state index contributed by atoms with van der Waals surface area (Å²) in [4.78, 5) is 18.9. The van der Waals surface area contributed by atoms with Crippen molar-refractivity contribution in [3.8, 4) is 0 Å². The third-order valence-corrected chi connectivity index (χ3v) is 4.58. The Bertz CT molecular complexity index is 516. The molecule has 0 aromatic carbocycles. The fraction of sp³-hybridized carbons (Fsp3) is 0.714. The first kappa shape index (κ1) is 18.2. The van der Waals surface area contributed by atoms with Crippen LogP contribution < -0.4 is 5.32 Å². The number of nitrogens with one attached hydrogen (secondary N) is 1. The largest absolute Gasteiger partial charge is 0.411 e. The van der Waals surface area contributed by atoms with Crippen LogP contribution in [0.5, 0.6) is 0 Å². The molecule has 2 heterocycles. The summed E-state index contributed by atoms with van der Waals surface area (Å²) in [7, 11) is 0. The maximum Gasteiger partial charge on any atom is 0.411 e. The maximum atomic E-state index is 12.3. The average Bonchev–Trinajstić information content (AvgIpc) is 3.09. The van der Waals surface area contributed by atoms with Crippen LogP contribution in [0.3, 0.4) is 0 Å². The number of carbonyl (C=O) groups excluding carboxylic acids is 1. The molecule has 0 bridgehead atoms. The van der Waals surface area contributed by atoms with Crippen molar-refractivity contribution in [2.24, 2.45) is 5.92 Å². The van der Waals surface area contributed by atoms with Crippen LogP contribution in [0.1, 0.15) is 17.0 Å². The summed E-state index contributed by atoms with van der Waals surface area (Å²) in [6, 6.07) is 0. The molecule has 0 saturated carbocycles. The molecule has 1 amide bonds. The summed E-state index contributed by atoms with van der Waals surface area (Å²) >= 11 is 1.44. The van der Waals surface area contributed by atoms with E-state index in [0.717, 1.165) is 30.1 Å². The quantitative estimate of drug-likeness (QED) is 0.816. The number of thiazole rings is 1. The van der Waals surface area contributed by atoms with E-state index in [1.54, 1.807) is 10.4 Å². The van der Waals surface area contributed by atoms with Gasteiger partial charge >= 0.3 is 6.18 Å². The fourth-order valence-electron chi connectivity index (χ4n) is 2.43. The molecule has 9 heteroatoms. The van der Waals surface area contributed by atoms with Crippen LogP contribution in [0.4, 0.5) is 13.2 Å². The molecule has 0 spiro atoms. The SMILES string of the molecule is Cc1ncsc1CN(C[C@@H]1CCNC1)C(=O)COCC(F)(F)F. The highest BCUT2D eigenvalue weighted by atomic mass is 32.1. The zero-order chi connectivity index (χ0) is 16.9. The lowest BCUT2D eigenvalue weighted by atomic mass is 10.1. The summed E-state index contributed by atoms with van der Waals surface area (Å²) in [5, 5.41) is 3.22. The van der Waals surface area contributed by atoms with Gasteiger partial charge in [0.15, 0.2) is 0 Å². The summed E-state index contributed by atoms with van der Waals surface area (Å²) in [6.07, 6.45) is -3.47. The molecule has 130 valence electrons. The molecule has 1 aromatic heterocycles. The zero-order valence-electron chi connectivity index (χ0n) is 12.9. The molecule has 1 aromatic rings. The Hall–Kier alpha value is -1.19. The third-order valence-electron chi connectivity index (χ3n) is 3.66. The predicted octanol–water partition coefficient (Wildman–Crippen LogP) is 1.97. The number of hydrogen-bond acceptors (Lipinski definition) is 5. The summed E-state index contributed by atoms with van der Waals surface area (Å²) in [5.74, 6) is -0.108. The van der Waals surface area contributed by atoms with Crippen molar-refractivity contribution in [3.05, 3.63) is 16.1 Å². The standard InChI is InChI=1S/C14H20F3N3O2S/c1-10-12(23-9-19-10)6-20(5-11-2-3-18-4-11)13(21)7-22-8-14(15,16)17/h9,11,18H,2-8H2,1H3/t11-/m1/s1. The van der Waals surface area contributed by atoms with Gasteiger partial charge in [-0.1, -0.05) is 0 Å². The fourth-order valence-corrected chi connectivity index (χ4v) is 3.22. The number of nitrogens with zero attached hydrogens (tertiary/aromatic N) is 2. The molecule has 1 N–H and O–H groups in total. The maximum absolute atomic E-state index is 12.3. The smallest absolute Gasteiger partial charge is 0.362 e. The van der Waals surface area contributed by atoms with Crippen LogP contribution in [0.2, 0.25) is 0 Å². The summed E-state index contributed by atoms with van der Waals surface area (Å²) in [5.41, 5.74) is 2.54. The van der Waals surface area contributed by atoms with E-state index < -0.39 is 25.3 Å². The number of halogens is 3. The molecule has 0 unspecified atom stereocenters. The molecule has 5 nitrogen and oxygen atoms in total. The van der Waals surface area contributed by atoms with Crippen molar-refractivity contribution >= 4 is 17.2 Å². The van der Waals surface area contributed by atoms with Gasteiger partial charge in [0.25, 0.3) is 0 Å². The lowest BCUT2D eigenvalue weighted by Crippen LogP contribution is -2.38. The molecular weight excluding hydrogens is 331 g/mol. The molecular formula is C14H20F3N3O2S.